The second kappa shape index (κ2) is 8.16. The van der Waals surface area contributed by atoms with E-state index in [2.05, 4.69) is 14.8 Å². The summed E-state index contributed by atoms with van der Waals surface area (Å²) in [6, 6.07) is 10.9. The molecule has 2 aromatic rings. The van der Waals surface area contributed by atoms with Crippen LogP contribution in [-0.2, 0) is 9.47 Å². The first-order valence-electron chi connectivity index (χ1n) is 7.00. The van der Waals surface area contributed by atoms with Gasteiger partial charge in [-0.15, -0.1) is 0 Å². The van der Waals surface area contributed by atoms with Crippen molar-refractivity contribution < 1.29 is 28.6 Å². The van der Waals surface area contributed by atoms with Crippen molar-refractivity contribution in [3.8, 4) is 5.75 Å². The monoisotopic (exact) mass is 363 g/mol. The van der Waals surface area contributed by atoms with Crippen molar-refractivity contribution >= 4 is 35.3 Å². The number of methoxy groups -OCH3 is 2. The van der Waals surface area contributed by atoms with Crippen LogP contribution < -0.4 is 10.1 Å². The molecule has 2 aromatic carbocycles. The lowest BCUT2D eigenvalue weighted by Gasteiger charge is -2.12. The number of ether oxygens (including phenoxy) is 3. The van der Waals surface area contributed by atoms with Crippen molar-refractivity contribution in [2.75, 3.05) is 19.5 Å². The standard InChI is InChI=1S/C17H14ClNO6/c1-23-15(20)12-8-10(9-13(14(12)18)16(21)24-2)19-17(22)25-11-6-4-3-5-7-11/h3-9H,1-2H3,(H,19,22). The minimum Gasteiger partial charge on any atom is -0.465 e. The van der Waals surface area contributed by atoms with Crippen molar-refractivity contribution in [2.45, 2.75) is 0 Å². The molecule has 0 saturated heterocycles. The molecular formula is C17H14ClNO6. The van der Waals surface area contributed by atoms with E-state index in [4.69, 9.17) is 16.3 Å². The first-order chi connectivity index (χ1) is 12.0. The van der Waals surface area contributed by atoms with Crippen LogP contribution in [0.25, 0.3) is 0 Å². The first-order valence-corrected chi connectivity index (χ1v) is 7.38. The highest BCUT2D eigenvalue weighted by atomic mass is 35.5. The molecule has 1 N–H and O–H groups in total. The molecule has 0 fully saturated rings. The lowest BCUT2D eigenvalue weighted by atomic mass is 10.1. The van der Waals surface area contributed by atoms with Crippen molar-refractivity contribution in [1.29, 1.82) is 0 Å². The molecule has 0 saturated carbocycles. The number of hydrogen-bond donors (Lipinski definition) is 1. The molecule has 0 bridgehead atoms. The van der Waals surface area contributed by atoms with Gasteiger partial charge in [-0.05, 0) is 24.3 Å². The van der Waals surface area contributed by atoms with Gasteiger partial charge in [0.05, 0.1) is 30.4 Å². The molecule has 0 spiro atoms. The van der Waals surface area contributed by atoms with E-state index in [1.807, 2.05) is 0 Å². The number of carbonyl (C=O) groups excluding carboxylic acids is 3. The molecule has 25 heavy (non-hydrogen) atoms. The van der Waals surface area contributed by atoms with Gasteiger partial charge < -0.3 is 14.2 Å². The Bertz CT molecular complexity index is 769. The molecule has 0 aliphatic carbocycles. The zero-order valence-electron chi connectivity index (χ0n) is 13.4. The summed E-state index contributed by atoms with van der Waals surface area (Å²) >= 11 is 6.05. The molecule has 1 amide bonds. The van der Waals surface area contributed by atoms with Gasteiger partial charge in [-0.25, -0.2) is 14.4 Å². The Balaban J connectivity index is 2.31. The molecule has 0 radical (unpaired) electrons. The van der Waals surface area contributed by atoms with E-state index in [1.165, 1.54) is 26.4 Å². The summed E-state index contributed by atoms with van der Waals surface area (Å²) in [6.45, 7) is 0. The van der Waals surface area contributed by atoms with Crippen LogP contribution in [0.3, 0.4) is 0 Å². The van der Waals surface area contributed by atoms with E-state index < -0.39 is 18.0 Å². The van der Waals surface area contributed by atoms with Gasteiger partial charge in [0.15, 0.2) is 0 Å². The Hall–Kier alpha value is -3.06. The van der Waals surface area contributed by atoms with Gasteiger partial charge in [-0.2, -0.15) is 0 Å². The van der Waals surface area contributed by atoms with E-state index in [1.54, 1.807) is 30.3 Å². The number of para-hydroxylation sites is 1. The van der Waals surface area contributed by atoms with Crippen LogP contribution in [0.5, 0.6) is 5.75 Å². The van der Waals surface area contributed by atoms with Gasteiger partial charge in [0.1, 0.15) is 5.75 Å². The van der Waals surface area contributed by atoms with E-state index in [0.29, 0.717) is 5.75 Å². The molecular weight excluding hydrogens is 350 g/mol. The molecule has 2 rings (SSSR count). The highest BCUT2D eigenvalue weighted by molar-refractivity contribution is 6.36. The summed E-state index contributed by atoms with van der Waals surface area (Å²) in [5.74, 6) is -1.21. The molecule has 0 atom stereocenters. The SMILES string of the molecule is COC(=O)c1cc(NC(=O)Oc2ccccc2)cc(C(=O)OC)c1Cl. The predicted octanol–water partition coefficient (Wildman–Crippen LogP) is 3.52. The summed E-state index contributed by atoms with van der Waals surface area (Å²) in [5, 5.41) is 2.28. The second-order valence-electron chi connectivity index (χ2n) is 4.70. The third-order valence-electron chi connectivity index (χ3n) is 3.08. The average Bonchev–Trinajstić information content (AvgIpc) is 2.62. The number of halogens is 1. The maximum Gasteiger partial charge on any atom is 0.417 e. The summed E-state index contributed by atoms with van der Waals surface area (Å²) in [7, 11) is 2.33. The molecule has 0 unspecified atom stereocenters. The Morgan fingerprint density at radius 3 is 1.92 bits per heavy atom. The Kier molecular flexibility index (Phi) is 5.97. The second-order valence-corrected chi connectivity index (χ2v) is 5.07. The fourth-order valence-corrected chi connectivity index (χ4v) is 2.22. The van der Waals surface area contributed by atoms with Crippen LogP contribution in [-0.4, -0.2) is 32.3 Å². The van der Waals surface area contributed by atoms with Crippen molar-refractivity contribution in [3.63, 3.8) is 0 Å². The molecule has 130 valence electrons. The number of benzene rings is 2. The fraction of sp³-hybridized carbons (Fsp3) is 0.118. The van der Waals surface area contributed by atoms with Crippen molar-refractivity contribution in [3.05, 3.63) is 58.6 Å². The largest absolute Gasteiger partial charge is 0.465 e. The number of anilines is 1. The van der Waals surface area contributed by atoms with Gasteiger partial charge >= 0.3 is 18.0 Å². The zero-order chi connectivity index (χ0) is 18.4. The van der Waals surface area contributed by atoms with Gasteiger partial charge in [-0.3, -0.25) is 5.32 Å². The molecule has 7 nitrogen and oxygen atoms in total. The molecule has 0 heterocycles. The van der Waals surface area contributed by atoms with Gasteiger partial charge in [-0.1, -0.05) is 29.8 Å². The van der Waals surface area contributed by atoms with E-state index in [9.17, 15) is 14.4 Å². The molecule has 0 aliphatic heterocycles. The third kappa shape index (κ3) is 4.48. The Morgan fingerprint density at radius 2 is 1.44 bits per heavy atom. The number of amides is 1. The highest BCUT2D eigenvalue weighted by Gasteiger charge is 2.21. The van der Waals surface area contributed by atoms with Crippen molar-refractivity contribution in [1.82, 2.24) is 0 Å². The fourth-order valence-electron chi connectivity index (χ4n) is 1.95. The van der Waals surface area contributed by atoms with Gasteiger partial charge in [0.2, 0.25) is 0 Å². The van der Waals surface area contributed by atoms with Crippen molar-refractivity contribution in [2.24, 2.45) is 0 Å². The Labute approximate surface area is 148 Å². The zero-order valence-corrected chi connectivity index (χ0v) is 14.1. The van der Waals surface area contributed by atoms with Crippen LogP contribution in [0.15, 0.2) is 42.5 Å². The van der Waals surface area contributed by atoms with E-state index in [0.717, 1.165) is 0 Å². The third-order valence-corrected chi connectivity index (χ3v) is 3.49. The predicted molar refractivity (Wildman–Crippen MR) is 90.2 cm³/mol. The number of rotatable bonds is 4. The topological polar surface area (TPSA) is 90.9 Å². The summed E-state index contributed by atoms with van der Waals surface area (Å²) in [4.78, 5) is 35.6. The van der Waals surface area contributed by atoms with Crippen LogP contribution in [0.2, 0.25) is 5.02 Å². The first kappa shape index (κ1) is 18.3. The smallest absolute Gasteiger partial charge is 0.417 e. The number of carbonyl (C=O) groups is 3. The normalized spacial score (nSPS) is 9.88. The number of esters is 2. The Morgan fingerprint density at radius 1 is 0.920 bits per heavy atom. The van der Waals surface area contributed by atoms with Gasteiger partial charge in [0.25, 0.3) is 0 Å². The number of hydrogen-bond acceptors (Lipinski definition) is 6. The maximum absolute atomic E-state index is 12.0. The molecule has 0 aromatic heterocycles. The molecule has 8 heteroatoms. The van der Waals surface area contributed by atoms with Gasteiger partial charge in [0, 0.05) is 5.69 Å². The quantitative estimate of drug-likeness (QED) is 0.836. The van der Waals surface area contributed by atoms with Crippen LogP contribution in [0, 0.1) is 0 Å². The van der Waals surface area contributed by atoms with Crippen LogP contribution in [0.1, 0.15) is 20.7 Å². The number of nitrogens with one attached hydrogen (secondary N) is 1. The minimum absolute atomic E-state index is 0.0953. The lowest BCUT2D eigenvalue weighted by Crippen LogP contribution is -2.18. The van der Waals surface area contributed by atoms with E-state index in [-0.39, 0.29) is 21.8 Å². The minimum atomic E-state index is -0.805. The maximum atomic E-state index is 12.0. The van der Waals surface area contributed by atoms with Crippen LogP contribution >= 0.6 is 11.6 Å². The average molecular weight is 364 g/mol. The van der Waals surface area contributed by atoms with E-state index >= 15 is 0 Å². The summed E-state index contributed by atoms with van der Waals surface area (Å²) in [5.41, 5.74) is -0.0738. The molecule has 0 aliphatic rings. The summed E-state index contributed by atoms with van der Waals surface area (Å²) in [6.07, 6.45) is -0.805. The highest BCUT2D eigenvalue weighted by Crippen LogP contribution is 2.27. The summed E-state index contributed by atoms with van der Waals surface area (Å²) < 4.78 is 14.3. The lowest BCUT2D eigenvalue weighted by molar-refractivity contribution is 0.0599. The van der Waals surface area contributed by atoms with Crippen LogP contribution in [0.4, 0.5) is 10.5 Å².